The van der Waals surface area contributed by atoms with Gasteiger partial charge in [-0.05, 0) is 33.6 Å². The van der Waals surface area contributed by atoms with Gasteiger partial charge in [0.25, 0.3) is 5.91 Å². The van der Waals surface area contributed by atoms with Crippen molar-refractivity contribution in [2.45, 2.75) is 77.1 Å². The smallest absolute Gasteiger partial charge is 0.251 e. The molecule has 1 saturated carbocycles. The Hall–Kier alpha value is -0.610. The summed E-state index contributed by atoms with van der Waals surface area (Å²) in [4.78, 5) is 13.7. The summed E-state index contributed by atoms with van der Waals surface area (Å²) in [6.07, 6.45) is 6.88. The lowest BCUT2D eigenvalue weighted by Gasteiger charge is -2.29. The molecule has 1 rings (SSSR count). The Balaban J connectivity index is 2.42. The van der Waals surface area contributed by atoms with E-state index in [2.05, 4.69) is 0 Å². The van der Waals surface area contributed by atoms with Gasteiger partial charge in [-0.25, -0.2) is 0 Å². The second kappa shape index (κ2) is 7.25. The van der Waals surface area contributed by atoms with E-state index in [-0.39, 0.29) is 12.0 Å². The van der Waals surface area contributed by atoms with Crippen LogP contribution in [-0.2, 0) is 9.53 Å². The highest BCUT2D eigenvalue weighted by molar-refractivity contribution is 5.80. The Morgan fingerprint density at radius 3 is 2.32 bits per heavy atom. The number of aliphatic hydroxyl groups is 1. The van der Waals surface area contributed by atoms with Crippen molar-refractivity contribution in [3.63, 3.8) is 0 Å². The summed E-state index contributed by atoms with van der Waals surface area (Å²) in [6.45, 7) is 5.54. The summed E-state index contributed by atoms with van der Waals surface area (Å²) in [7, 11) is 1.72. The molecule has 0 aromatic rings. The van der Waals surface area contributed by atoms with Gasteiger partial charge in [0.15, 0.2) is 0 Å². The molecule has 1 amide bonds. The molecule has 0 heterocycles. The minimum atomic E-state index is -0.869. The molecule has 0 aromatic heterocycles. The highest BCUT2D eigenvalue weighted by Crippen LogP contribution is 2.21. The van der Waals surface area contributed by atoms with E-state index in [1.165, 1.54) is 25.7 Å². The Morgan fingerprint density at radius 2 is 1.84 bits per heavy atom. The van der Waals surface area contributed by atoms with Crippen LogP contribution < -0.4 is 0 Å². The van der Waals surface area contributed by atoms with Crippen LogP contribution in [0.25, 0.3) is 0 Å². The molecule has 0 aliphatic heterocycles. The maximum atomic E-state index is 12.2. The van der Waals surface area contributed by atoms with Crippen LogP contribution in [0.2, 0.25) is 0 Å². The number of rotatable bonds is 5. The summed E-state index contributed by atoms with van der Waals surface area (Å²) in [5, 5.41) is 9.74. The maximum Gasteiger partial charge on any atom is 0.251 e. The summed E-state index contributed by atoms with van der Waals surface area (Å²) < 4.78 is 5.90. The Kier molecular flexibility index (Phi) is 6.27. The van der Waals surface area contributed by atoms with Crippen LogP contribution in [0.5, 0.6) is 0 Å². The van der Waals surface area contributed by atoms with Crippen LogP contribution in [0.15, 0.2) is 0 Å². The van der Waals surface area contributed by atoms with Gasteiger partial charge in [0.05, 0.1) is 11.7 Å². The molecule has 1 atom stereocenters. The first-order valence-corrected chi connectivity index (χ1v) is 7.42. The van der Waals surface area contributed by atoms with Gasteiger partial charge in [0, 0.05) is 13.6 Å². The van der Waals surface area contributed by atoms with Crippen molar-refractivity contribution in [3.8, 4) is 0 Å². The van der Waals surface area contributed by atoms with Gasteiger partial charge < -0.3 is 14.7 Å². The third kappa shape index (κ3) is 6.39. The maximum absolute atomic E-state index is 12.2. The fraction of sp³-hybridized carbons (Fsp3) is 0.933. The molecule has 0 radical (unpaired) electrons. The van der Waals surface area contributed by atoms with Gasteiger partial charge in [-0.3, -0.25) is 4.79 Å². The van der Waals surface area contributed by atoms with E-state index in [0.29, 0.717) is 6.54 Å². The van der Waals surface area contributed by atoms with Crippen LogP contribution in [0.1, 0.15) is 59.3 Å². The highest BCUT2D eigenvalue weighted by atomic mass is 16.5. The summed E-state index contributed by atoms with van der Waals surface area (Å²) in [5.41, 5.74) is -0.869. The lowest BCUT2D eigenvalue weighted by molar-refractivity contribution is -0.147. The van der Waals surface area contributed by atoms with E-state index >= 15 is 0 Å². The predicted molar refractivity (Wildman–Crippen MR) is 76.0 cm³/mol. The Labute approximate surface area is 117 Å². The van der Waals surface area contributed by atoms with E-state index in [1.807, 2.05) is 6.92 Å². The van der Waals surface area contributed by atoms with Gasteiger partial charge in [0.1, 0.15) is 6.10 Å². The molecule has 0 bridgehead atoms. The number of nitrogens with zero attached hydrogens (tertiary/aromatic N) is 1. The van der Waals surface area contributed by atoms with Crippen molar-refractivity contribution in [3.05, 3.63) is 0 Å². The SMILES string of the molecule is CC(OC1CCCCCC1)C(=O)N(C)CC(C)(C)O. The molecule has 4 heteroatoms. The van der Waals surface area contributed by atoms with Crippen molar-refractivity contribution in [1.29, 1.82) is 0 Å². The molecular weight excluding hydrogens is 242 g/mol. The molecule has 0 aromatic carbocycles. The van der Waals surface area contributed by atoms with Crippen molar-refractivity contribution in [1.82, 2.24) is 4.90 Å². The van der Waals surface area contributed by atoms with E-state index in [9.17, 15) is 9.90 Å². The average molecular weight is 271 g/mol. The van der Waals surface area contributed by atoms with E-state index in [4.69, 9.17) is 4.74 Å². The van der Waals surface area contributed by atoms with Crippen molar-refractivity contribution in [2.75, 3.05) is 13.6 Å². The first kappa shape index (κ1) is 16.4. The number of hydrogen-bond acceptors (Lipinski definition) is 3. The predicted octanol–water partition coefficient (Wildman–Crippen LogP) is 2.34. The summed E-state index contributed by atoms with van der Waals surface area (Å²) in [5.74, 6) is -0.0497. The number of carbonyl (C=O) groups is 1. The topological polar surface area (TPSA) is 49.8 Å². The fourth-order valence-electron chi connectivity index (χ4n) is 2.69. The zero-order valence-corrected chi connectivity index (χ0v) is 12.8. The molecule has 1 aliphatic carbocycles. The third-order valence-electron chi connectivity index (χ3n) is 3.55. The standard InChI is InChI=1S/C15H29NO3/c1-12(14(17)16(4)11-15(2,3)18)19-13-9-7-5-6-8-10-13/h12-13,18H,5-11H2,1-4H3. The molecule has 19 heavy (non-hydrogen) atoms. The van der Waals surface area contributed by atoms with E-state index in [0.717, 1.165) is 12.8 Å². The van der Waals surface area contributed by atoms with Crippen LogP contribution in [0, 0.1) is 0 Å². The van der Waals surface area contributed by atoms with E-state index in [1.54, 1.807) is 25.8 Å². The molecule has 0 saturated heterocycles. The molecule has 1 aliphatic rings. The van der Waals surface area contributed by atoms with Crippen molar-refractivity contribution < 1.29 is 14.6 Å². The average Bonchev–Trinajstić information content (AvgIpc) is 2.54. The number of carbonyl (C=O) groups excluding carboxylic acids is 1. The van der Waals surface area contributed by atoms with Crippen molar-refractivity contribution in [2.24, 2.45) is 0 Å². The molecule has 0 spiro atoms. The lowest BCUT2D eigenvalue weighted by Crippen LogP contribution is -2.44. The quantitative estimate of drug-likeness (QED) is 0.781. The van der Waals surface area contributed by atoms with Crippen molar-refractivity contribution >= 4 is 5.91 Å². The first-order valence-electron chi connectivity index (χ1n) is 7.42. The number of hydrogen-bond donors (Lipinski definition) is 1. The number of ether oxygens (including phenoxy) is 1. The lowest BCUT2D eigenvalue weighted by atomic mass is 10.1. The van der Waals surface area contributed by atoms with Gasteiger partial charge in [-0.1, -0.05) is 25.7 Å². The molecule has 1 fully saturated rings. The second-order valence-electron chi connectivity index (χ2n) is 6.40. The largest absolute Gasteiger partial charge is 0.389 e. The van der Waals surface area contributed by atoms with E-state index < -0.39 is 11.7 Å². The minimum absolute atomic E-state index is 0.0497. The molecule has 112 valence electrons. The molecule has 4 nitrogen and oxygen atoms in total. The number of likely N-dealkylation sites (N-methyl/N-ethyl adjacent to an activating group) is 1. The Bertz CT molecular complexity index is 278. The first-order chi connectivity index (χ1) is 8.79. The molecular formula is C15H29NO3. The summed E-state index contributed by atoms with van der Waals surface area (Å²) in [6, 6.07) is 0. The Morgan fingerprint density at radius 1 is 1.32 bits per heavy atom. The van der Waals surface area contributed by atoms with Crippen LogP contribution in [-0.4, -0.2) is 47.3 Å². The molecule has 1 unspecified atom stereocenters. The minimum Gasteiger partial charge on any atom is -0.389 e. The van der Waals surface area contributed by atoms with Crippen LogP contribution >= 0.6 is 0 Å². The zero-order valence-electron chi connectivity index (χ0n) is 12.8. The van der Waals surface area contributed by atoms with Crippen LogP contribution in [0.3, 0.4) is 0 Å². The zero-order chi connectivity index (χ0) is 14.5. The third-order valence-corrected chi connectivity index (χ3v) is 3.55. The highest BCUT2D eigenvalue weighted by Gasteiger charge is 2.26. The summed E-state index contributed by atoms with van der Waals surface area (Å²) >= 11 is 0. The van der Waals surface area contributed by atoms with Gasteiger partial charge in [-0.15, -0.1) is 0 Å². The van der Waals surface area contributed by atoms with Gasteiger partial charge in [-0.2, -0.15) is 0 Å². The van der Waals surface area contributed by atoms with Gasteiger partial charge in [0.2, 0.25) is 0 Å². The molecule has 1 N–H and O–H groups in total. The monoisotopic (exact) mass is 271 g/mol. The second-order valence-corrected chi connectivity index (χ2v) is 6.40. The van der Waals surface area contributed by atoms with Gasteiger partial charge >= 0.3 is 0 Å². The van der Waals surface area contributed by atoms with Crippen LogP contribution in [0.4, 0.5) is 0 Å². The fourth-order valence-corrected chi connectivity index (χ4v) is 2.69. The number of amides is 1. The normalized spacial score (nSPS) is 19.8.